The molecule has 1 aromatic heterocycles. The van der Waals surface area contributed by atoms with Crippen LogP contribution in [0.25, 0.3) is 22.0 Å². The molecule has 0 radical (unpaired) electrons. The summed E-state index contributed by atoms with van der Waals surface area (Å²) in [5, 5.41) is 10.6. The van der Waals surface area contributed by atoms with Crippen molar-refractivity contribution in [1.29, 1.82) is 0 Å². The highest BCUT2D eigenvalue weighted by atomic mass is 16.4. The predicted octanol–water partition coefficient (Wildman–Crippen LogP) is 6.94. The van der Waals surface area contributed by atoms with Gasteiger partial charge < -0.3 is 14.6 Å². The first-order valence-corrected chi connectivity index (χ1v) is 12.6. The molecule has 0 saturated carbocycles. The van der Waals surface area contributed by atoms with Gasteiger partial charge in [-0.15, -0.1) is 0 Å². The average Bonchev–Trinajstić information content (AvgIpc) is 3.17. The summed E-state index contributed by atoms with van der Waals surface area (Å²) in [6, 6.07) is 31.0. The highest BCUT2D eigenvalue weighted by molar-refractivity contribution is 5.99. The fraction of sp³-hybridized carbons (Fsp3) is 0.152. The molecule has 1 N–H and O–H groups in total. The maximum Gasteiger partial charge on any atom is 0.336 e. The third-order valence-corrected chi connectivity index (χ3v) is 7.26. The zero-order chi connectivity index (χ0) is 26.8. The number of aromatic carboxylic acids is 1. The van der Waals surface area contributed by atoms with Gasteiger partial charge in [0.1, 0.15) is 0 Å². The topological polar surface area (TPSA) is 62.5 Å². The number of amides is 1. The van der Waals surface area contributed by atoms with E-state index in [0.29, 0.717) is 29.8 Å². The number of fused-ring (bicyclic) bond motifs is 1. The first-order valence-electron chi connectivity index (χ1n) is 12.6. The number of hydrogen-bond acceptors (Lipinski definition) is 2. The maximum atomic E-state index is 13.2. The van der Waals surface area contributed by atoms with E-state index in [1.54, 1.807) is 17.0 Å². The Labute approximate surface area is 222 Å². The average molecular weight is 503 g/mol. The van der Waals surface area contributed by atoms with Gasteiger partial charge in [-0.05, 0) is 65.9 Å². The lowest BCUT2D eigenvalue weighted by Crippen LogP contribution is -2.26. The van der Waals surface area contributed by atoms with Gasteiger partial charge >= 0.3 is 5.97 Å². The second-order valence-corrected chi connectivity index (χ2v) is 9.72. The van der Waals surface area contributed by atoms with Gasteiger partial charge in [0.25, 0.3) is 5.91 Å². The zero-order valence-corrected chi connectivity index (χ0v) is 21.8. The summed E-state index contributed by atoms with van der Waals surface area (Å²) in [4.78, 5) is 26.6. The minimum absolute atomic E-state index is 0.00205. The third-order valence-electron chi connectivity index (χ3n) is 7.26. The Morgan fingerprint density at radius 2 is 1.50 bits per heavy atom. The maximum absolute atomic E-state index is 13.2. The summed E-state index contributed by atoms with van der Waals surface area (Å²) in [6.45, 7) is 5.44. The van der Waals surface area contributed by atoms with Crippen LogP contribution in [0.1, 0.15) is 43.1 Å². The van der Waals surface area contributed by atoms with Crippen molar-refractivity contribution in [3.8, 4) is 11.1 Å². The predicted molar refractivity (Wildman–Crippen MR) is 152 cm³/mol. The van der Waals surface area contributed by atoms with Crippen molar-refractivity contribution >= 4 is 22.8 Å². The number of aromatic nitrogens is 1. The van der Waals surface area contributed by atoms with Gasteiger partial charge in [0.15, 0.2) is 0 Å². The molecule has 0 fully saturated rings. The molecule has 0 unspecified atom stereocenters. The van der Waals surface area contributed by atoms with Gasteiger partial charge in [-0.25, -0.2) is 4.79 Å². The van der Waals surface area contributed by atoms with Crippen LogP contribution in [0, 0.1) is 13.8 Å². The number of hydrogen-bond donors (Lipinski definition) is 1. The van der Waals surface area contributed by atoms with E-state index in [2.05, 4.69) is 18.4 Å². The van der Waals surface area contributed by atoms with Gasteiger partial charge in [0, 0.05) is 42.3 Å². The molecule has 1 heterocycles. The molecule has 190 valence electrons. The number of aryl methyl sites for hydroxylation is 1. The Bertz CT molecular complexity index is 1630. The molecule has 5 nitrogen and oxygen atoms in total. The first kappa shape index (κ1) is 25.0. The lowest BCUT2D eigenvalue weighted by Gasteiger charge is -2.17. The molecule has 0 saturated heterocycles. The number of carbonyl (C=O) groups excluding carboxylic acids is 1. The molecule has 0 bridgehead atoms. The third kappa shape index (κ3) is 4.83. The second-order valence-electron chi connectivity index (χ2n) is 9.72. The second kappa shape index (κ2) is 10.4. The van der Waals surface area contributed by atoms with Crippen molar-refractivity contribution in [3.05, 3.63) is 131 Å². The minimum atomic E-state index is -0.932. The fourth-order valence-electron chi connectivity index (χ4n) is 5.03. The van der Waals surface area contributed by atoms with E-state index < -0.39 is 5.97 Å². The molecule has 38 heavy (non-hydrogen) atoms. The Morgan fingerprint density at radius 1 is 0.816 bits per heavy atom. The standard InChI is InChI=1S/C33H30N2O3/c1-22-23(2)35(21-25-13-15-26(16-14-25)28-11-7-8-12-29(28)33(37)38)31-18-17-27(19-30(22)31)32(36)34(3)20-24-9-5-4-6-10-24/h4-19H,20-21H2,1-3H3,(H,37,38). The van der Waals surface area contributed by atoms with Crippen LogP contribution in [0.15, 0.2) is 97.1 Å². The van der Waals surface area contributed by atoms with Crippen molar-refractivity contribution in [2.45, 2.75) is 26.9 Å². The largest absolute Gasteiger partial charge is 0.478 e. The molecule has 0 spiro atoms. The smallest absolute Gasteiger partial charge is 0.336 e. The van der Waals surface area contributed by atoms with Crippen molar-refractivity contribution in [2.75, 3.05) is 7.05 Å². The van der Waals surface area contributed by atoms with E-state index >= 15 is 0 Å². The quantitative estimate of drug-likeness (QED) is 0.262. The molecule has 0 aliphatic carbocycles. The van der Waals surface area contributed by atoms with E-state index in [4.69, 9.17) is 0 Å². The summed E-state index contributed by atoms with van der Waals surface area (Å²) in [7, 11) is 1.83. The lowest BCUT2D eigenvalue weighted by atomic mass is 9.99. The SMILES string of the molecule is Cc1c(C)n(Cc2ccc(-c3ccccc3C(=O)O)cc2)c2ccc(C(=O)N(C)Cc3ccccc3)cc12. The van der Waals surface area contributed by atoms with E-state index in [0.717, 1.165) is 38.9 Å². The molecule has 1 amide bonds. The molecule has 5 rings (SSSR count). The first-order chi connectivity index (χ1) is 18.3. The Hall–Kier alpha value is -4.64. The summed E-state index contributed by atoms with van der Waals surface area (Å²) in [6.07, 6.45) is 0. The van der Waals surface area contributed by atoms with Gasteiger partial charge in [0.05, 0.1) is 5.56 Å². The lowest BCUT2D eigenvalue weighted by molar-refractivity contribution is 0.0697. The highest BCUT2D eigenvalue weighted by Gasteiger charge is 2.17. The Morgan fingerprint density at radius 3 is 2.21 bits per heavy atom. The van der Waals surface area contributed by atoms with Crippen LogP contribution in [0.4, 0.5) is 0 Å². The molecule has 0 aliphatic heterocycles. The van der Waals surface area contributed by atoms with Gasteiger partial charge in [-0.3, -0.25) is 4.79 Å². The van der Waals surface area contributed by atoms with E-state index in [-0.39, 0.29) is 5.91 Å². The molecule has 5 aromatic rings. The fourth-order valence-corrected chi connectivity index (χ4v) is 5.03. The summed E-state index contributed by atoms with van der Waals surface area (Å²) >= 11 is 0. The van der Waals surface area contributed by atoms with Crippen LogP contribution in [-0.2, 0) is 13.1 Å². The molecule has 4 aromatic carbocycles. The van der Waals surface area contributed by atoms with Crippen LogP contribution in [0.5, 0.6) is 0 Å². The van der Waals surface area contributed by atoms with Crippen LogP contribution in [0.3, 0.4) is 0 Å². The van der Waals surface area contributed by atoms with Crippen molar-refractivity contribution in [2.24, 2.45) is 0 Å². The van der Waals surface area contributed by atoms with Gasteiger partial charge in [-0.1, -0.05) is 72.8 Å². The molecule has 5 heteroatoms. The van der Waals surface area contributed by atoms with Crippen LogP contribution >= 0.6 is 0 Å². The van der Waals surface area contributed by atoms with E-state index in [1.807, 2.05) is 92.0 Å². The number of benzene rings is 4. The normalized spacial score (nSPS) is 11.0. The Kier molecular flexibility index (Phi) is 6.84. The molecule has 0 atom stereocenters. The number of nitrogens with zero attached hydrogens (tertiary/aromatic N) is 2. The van der Waals surface area contributed by atoms with E-state index in [1.165, 1.54) is 0 Å². The summed E-state index contributed by atoms with van der Waals surface area (Å²) in [5.41, 5.74) is 8.17. The molecule has 0 aliphatic rings. The monoisotopic (exact) mass is 502 g/mol. The van der Waals surface area contributed by atoms with Gasteiger partial charge in [-0.2, -0.15) is 0 Å². The zero-order valence-electron chi connectivity index (χ0n) is 21.8. The van der Waals surface area contributed by atoms with Crippen LogP contribution < -0.4 is 0 Å². The number of carboxylic acid groups (broad SMARTS) is 1. The van der Waals surface area contributed by atoms with Crippen molar-refractivity contribution in [1.82, 2.24) is 9.47 Å². The van der Waals surface area contributed by atoms with Crippen LogP contribution in [-0.4, -0.2) is 33.5 Å². The van der Waals surface area contributed by atoms with Crippen molar-refractivity contribution in [3.63, 3.8) is 0 Å². The minimum Gasteiger partial charge on any atom is -0.478 e. The summed E-state index contributed by atoms with van der Waals surface area (Å²) in [5.74, 6) is -0.934. The van der Waals surface area contributed by atoms with Gasteiger partial charge in [0.2, 0.25) is 0 Å². The van der Waals surface area contributed by atoms with E-state index in [9.17, 15) is 14.7 Å². The number of carbonyl (C=O) groups is 2. The molecular formula is C33H30N2O3. The Balaban J connectivity index is 1.40. The number of rotatable bonds is 7. The number of carboxylic acids is 1. The summed E-state index contributed by atoms with van der Waals surface area (Å²) < 4.78 is 2.27. The van der Waals surface area contributed by atoms with Crippen molar-refractivity contribution < 1.29 is 14.7 Å². The molecular weight excluding hydrogens is 472 g/mol. The highest BCUT2D eigenvalue weighted by Crippen LogP contribution is 2.29. The van der Waals surface area contributed by atoms with Crippen LogP contribution in [0.2, 0.25) is 0 Å².